The number of nitrogens with one attached hydrogen (secondary N) is 2. The molecule has 2 N–H and O–H groups in total. The number of carbonyl (C=O) groups excluding carboxylic acids is 1. The SMILES string of the molecule is CN1CCCC1CCNC(=O)c1cn2c3c(c(N4CCC(CCCC5CCNCC5)CC4)c(F)cc3c1=O)Oc1cc3ccccc3cc1-2. The van der Waals surface area contributed by atoms with Gasteiger partial charge in [-0.3, -0.25) is 9.59 Å². The standard InChI is InChI=1S/C40H48FN5O3/c1-44-19-5-10-30(44)13-18-43-40(48)32-25-46-34-22-28-8-2-3-9-29(28)23-35(34)49-39-36(46)31(38(32)47)24-33(41)37(39)45-20-14-27(15-21-45)7-4-6-26-11-16-42-17-12-26/h2-3,8-9,22-27,30,42H,4-7,10-21H2,1H3,(H,43,48). The van der Waals surface area contributed by atoms with Crippen LogP contribution in [0.4, 0.5) is 10.1 Å². The Balaban J connectivity index is 1.10. The number of pyridine rings is 1. The van der Waals surface area contributed by atoms with Crippen molar-refractivity contribution in [1.82, 2.24) is 20.1 Å². The van der Waals surface area contributed by atoms with E-state index in [0.717, 1.165) is 87.2 Å². The largest absolute Gasteiger partial charge is 0.451 e. The molecule has 4 aliphatic rings. The number of piperidine rings is 2. The zero-order valence-electron chi connectivity index (χ0n) is 28.6. The van der Waals surface area contributed by atoms with E-state index in [1.165, 1.54) is 38.2 Å². The van der Waals surface area contributed by atoms with E-state index >= 15 is 4.39 Å². The van der Waals surface area contributed by atoms with Crippen molar-refractivity contribution in [2.24, 2.45) is 11.8 Å². The highest BCUT2D eigenvalue weighted by Crippen LogP contribution is 2.48. The first kappa shape index (κ1) is 32.3. The lowest BCUT2D eigenvalue weighted by Crippen LogP contribution is -2.35. The lowest BCUT2D eigenvalue weighted by molar-refractivity contribution is 0.0949. The molecule has 3 aromatic carbocycles. The van der Waals surface area contributed by atoms with Crippen LogP contribution in [0.3, 0.4) is 0 Å². The lowest BCUT2D eigenvalue weighted by Gasteiger charge is -2.36. The van der Waals surface area contributed by atoms with Gasteiger partial charge in [-0.15, -0.1) is 0 Å². The summed E-state index contributed by atoms with van der Waals surface area (Å²) in [6.45, 7) is 5.31. The van der Waals surface area contributed by atoms with Gasteiger partial charge in [-0.25, -0.2) is 4.39 Å². The molecule has 0 aliphatic carbocycles. The van der Waals surface area contributed by atoms with Crippen LogP contribution >= 0.6 is 0 Å². The first-order valence-corrected chi connectivity index (χ1v) is 18.5. The van der Waals surface area contributed by atoms with Crippen LogP contribution in [0.25, 0.3) is 27.4 Å². The smallest absolute Gasteiger partial charge is 0.256 e. The molecule has 3 fully saturated rings. The van der Waals surface area contributed by atoms with Gasteiger partial charge in [-0.05, 0) is 112 Å². The van der Waals surface area contributed by atoms with Crippen LogP contribution in [-0.4, -0.2) is 67.7 Å². The van der Waals surface area contributed by atoms with Crippen LogP contribution in [0.5, 0.6) is 11.5 Å². The van der Waals surface area contributed by atoms with Crippen LogP contribution < -0.4 is 25.7 Å². The van der Waals surface area contributed by atoms with Gasteiger partial charge in [0, 0.05) is 31.9 Å². The van der Waals surface area contributed by atoms with E-state index < -0.39 is 17.2 Å². The fraction of sp³-hybridized carbons (Fsp3) is 0.500. The fourth-order valence-electron chi connectivity index (χ4n) is 8.85. The summed E-state index contributed by atoms with van der Waals surface area (Å²) in [4.78, 5) is 32.0. The monoisotopic (exact) mass is 665 g/mol. The molecule has 5 heterocycles. The highest BCUT2D eigenvalue weighted by molar-refractivity contribution is 6.02. The normalized spacial score (nSPS) is 20.1. The Morgan fingerprint density at radius 2 is 1.69 bits per heavy atom. The van der Waals surface area contributed by atoms with Crippen LogP contribution in [0, 0.1) is 17.7 Å². The molecule has 1 atom stereocenters. The molecular formula is C40H48FN5O3. The topological polar surface area (TPSA) is 78.8 Å². The number of nitrogens with zero attached hydrogens (tertiary/aromatic N) is 3. The third-order valence-corrected chi connectivity index (χ3v) is 11.8. The Morgan fingerprint density at radius 3 is 2.43 bits per heavy atom. The molecule has 1 aromatic heterocycles. The number of ether oxygens (including phenoxy) is 1. The molecule has 3 saturated heterocycles. The Labute approximate surface area is 287 Å². The highest BCUT2D eigenvalue weighted by atomic mass is 19.1. The van der Waals surface area contributed by atoms with Gasteiger partial charge in [0.1, 0.15) is 16.8 Å². The van der Waals surface area contributed by atoms with Crippen LogP contribution in [0.2, 0.25) is 0 Å². The summed E-state index contributed by atoms with van der Waals surface area (Å²) in [5, 5.41) is 8.62. The summed E-state index contributed by atoms with van der Waals surface area (Å²) in [6.07, 6.45) is 13.1. The molecule has 8 rings (SSSR count). The number of halogens is 1. The molecule has 8 nitrogen and oxygen atoms in total. The Bertz CT molecular complexity index is 1930. The number of rotatable bonds is 9. The van der Waals surface area contributed by atoms with Gasteiger partial charge in [0.2, 0.25) is 5.43 Å². The Kier molecular flexibility index (Phi) is 9.06. The predicted octanol–water partition coefficient (Wildman–Crippen LogP) is 6.99. The predicted molar refractivity (Wildman–Crippen MR) is 194 cm³/mol. The molecule has 0 radical (unpaired) electrons. The van der Waals surface area contributed by atoms with E-state index in [1.807, 2.05) is 41.0 Å². The van der Waals surface area contributed by atoms with Crippen molar-refractivity contribution in [1.29, 1.82) is 0 Å². The number of anilines is 1. The van der Waals surface area contributed by atoms with Gasteiger partial charge in [0.15, 0.2) is 17.3 Å². The van der Waals surface area contributed by atoms with Gasteiger partial charge in [0.05, 0.1) is 11.1 Å². The molecule has 1 unspecified atom stereocenters. The van der Waals surface area contributed by atoms with Crippen molar-refractivity contribution < 1.29 is 13.9 Å². The van der Waals surface area contributed by atoms with Gasteiger partial charge >= 0.3 is 0 Å². The maximum absolute atomic E-state index is 16.4. The minimum absolute atomic E-state index is 0.0108. The van der Waals surface area contributed by atoms with Gasteiger partial charge in [-0.2, -0.15) is 0 Å². The van der Waals surface area contributed by atoms with Crippen molar-refractivity contribution in [2.75, 3.05) is 51.2 Å². The summed E-state index contributed by atoms with van der Waals surface area (Å²) in [7, 11) is 2.11. The Hall–Kier alpha value is -3.95. The van der Waals surface area contributed by atoms with E-state index in [0.29, 0.717) is 41.2 Å². The van der Waals surface area contributed by atoms with Crippen LogP contribution in [-0.2, 0) is 0 Å². The number of carbonyl (C=O) groups is 1. The van der Waals surface area contributed by atoms with E-state index in [2.05, 4.69) is 27.5 Å². The Morgan fingerprint density at radius 1 is 0.959 bits per heavy atom. The third-order valence-electron chi connectivity index (χ3n) is 11.8. The summed E-state index contributed by atoms with van der Waals surface area (Å²) < 4.78 is 24.9. The average molecular weight is 666 g/mol. The number of benzene rings is 3. The summed E-state index contributed by atoms with van der Waals surface area (Å²) >= 11 is 0. The number of amides is 1. The maximum Gasteiger partial charge on any atom is 0.256 e. The molecule has 4 aliphatic heterocycles. The fourth-order valence-corrected chi connectivity index (χ4v) is 8.85. The summed E-state index contributed by atoms with van der Waals surface area (Å²) in [5.74, 6) is 1.50. The maximum atomic E-state index is 16.4. The minimum atomic E-state index is -0.485. The zero-order valence-corrected chi connectivity index (χ0v) is 28.6. The quantitative estimate of drug-likeness (QED) is 0.177. The van der Waals surface area contributed by atoms with Crippen LogP contribution in [0.1, 0.15) is 74.6 Å². The molecule has 9 heteroatoms. The van der Waals surface area contributed by atoms with Crippen molar-refractivity contribution in [3.63, 3.8) is 0 Å². The zero-order chi connectivity index (χ0) is 33.5. The van der Waals surface area contributed by atoms with Crippen molar-refractivity contribution in [3.8, 4) is 17.2 Å². The molecule has 0 spiro atoms. The van der Waals surface area contributed by atoms with E-state index in [4.69, 9.17) is 4.74 Å². The number of hydrogen-bond donors (Lipinski definition) is 2. The van der Waals surface area contributed by atoms with E-state index in [1.54, 1.807) is 6.20 Å². The average Bonchev–Trinajstić information content (AvgIpc) is 3.53. The first-order chi connectivity index (χ1) is 23.9. The second-order valence-electron chi connectivity index (χ2n) is 14.8. The van der Waals surface area contributed by atoms with Crippen LogP contribution in [0.15, 0.2) is 53.5 Å². The summed E-state index contributed by atoms with van der Waals surface area (Å²) in [6, 6.07) is 13.8. The number of likely N-dealkylation sites (tertiary alicyclic amines) is 1. The number of aromatic nitrogens is 1. The molecule has 0 saturated carbocycles. The molecule has 4 aromatic rings. The molecular weight excluding hydrogens is 617 g/mol. The number of fused-ring (bicyclic) bond motifs is 3. The van der Waals surface area contributed by atoms with Crippen molar-refractivity contribution in [3.05, 3.63) is 70.3 Å². The molecule has 258 valence electrons. The highest BCUT2D eigenvalue weighted by Gasteiger charge is 2.32. The molecule has 0 bridgehead atoms. The molecule has 1 amide bonds. The van der Waals surface area contributed by atoms with Gasteiger partial charge in [-0.1, -0.05) is 43.5 Å². The second-order valence-corrected chi connectivity index (χ2v) is 14.8. The van der Waals surface area contributed by atoms with Gasteiger partial charge < -0.3 is 29.7 Å². The first-order valence-electron chi connectivity index (χ1n) is 18.5. The lowest BCUT2D eigenvalue weighted by atomic mass is 9.87. The molecule has 49 heavy (non-hydrogen) atoms. The number of hydrogen-bond acceptors (Lipinski definition) is 6. The van der Waals surface area contributed by atoms with Gasteiger partial charge in [0.25, 0.3) is 5.91 Å². The summed E-state index contributed by atoms with van der Waals surface area (Å²) in [5.41, 5.74) is 1.18. The van der Waals surface area contributed by atoms with E-state index in [-0.39, 0.29) is 10.9 Å². The van der Waals surface area contributed by atoms with Crippen molar-refractivity contribution >= 4 is 33.3 Å². The minimum Gasteiger partial charge on any atom is -0.451 e. The second kappa shape index (κ2) is 13.8. The van der Waals surface area contributed by atoms with Crippen molar-refractivity contribution in [2.45, 2.75) is 70.3 Å². The van der Waals surface area contributed by atoms with E-state index in [9.17, 15) is 9.59 Å². The third kappa shape index (κ3) is 6.32.